The summed E-state index contributed by atoms with van der Waals surface area (Å²) in [6.45, 7) is 4.44. The van der Waals surface area contributed by atoms with Crippen molar-refractivity contribution in [3.05, 3.63) is 17.0 Å². The molecular formula is C12H18N2O2S. The van der Waals surface area contributed by atoms with Gasteiger partial charge < -0.3 is 14.9 Å². The third-order valence-corrected chi connectivity index (χ3v) is 4.32. The lowest BCUT2D eigenvalue weighted by atomic mass is 10.4. The standard InChI is InChI=1S/C12H18N2O2S/c1-13(8-9-14-6-2-3-7-14)11-5-4-10(17-11)12(15)16/h4-5H,2-3,6-9H2,1H3,(H,15,16). The molecule has 0 aliphatic carbocycles. The molecule has 0 unspecified atom stereocenters. The van der Waals surface area contributed by atoms with Crippen molar-refractivity contribution in [1.82, 2.24) is 4.90 Å². The molecule has 5 heteroatoms. The minimum absolute atomic E-state index is 0.410. The molecule has 0 bridgehead atoms. The molecule has 1 N–H and O–H groups in total. The molecule has 1 aliphatic heterocycles. The minimum Gasteiger partial charge on any atom is -0.477 e. The number of carbonyl (C=O) groups is 1. The number of anilines is 1. The van der Waals surface area contributed by atoms with Crippen molar-refractivity contribution in [3.8, 4) is 0 Å². The molecule has 17 heavy (non-hydrogen) atoms. The number of carboxylic acids is 1. The van der Waals surface area contributed by atoms with Gasteiger partial charge >= 0.3 is 5.97 Å². The van der Waals surface area contributed by atoms with Gasteiger partial charge in [0.05, 0.1) is 5.00 Å². The Hall–Kier alpha value is -1.07. The number of nitrogens with zero attached hydrogens (tertiary/aromatic N) is 2. The van der Waals surface area contributed by atoms with Gasteiger partial charge in [-0.25, -0.2) is 4.79 Å². The highest BCUT2D eigenvalue weighted by Crippen LogP contribution is 2.25. The summed E-state index contributed by atoms with van der Waals surface area (Å²) in [4.78, 5) is 15.8. The van der Waals surface area contributed by atoms with Crippen LogP contribution >= 0.6 is 11.3 Å². The summed E-state index contributed by atoms with van der Waals surface area (Å²) in [6.07, 6.45) is 2.62. The molecule has 1 aromatic rings. The van der Waals surface area contributed by atoms with E-state index < -0.39 is 5.97 Å². The first kappa shape index (κ1) is 12.4. The zero-order valence-electron chi connectivity index (χ0n) is 10.1. The molecule has 0 aromatic carbocycles. The van der Waals surface area contributed by atoms with E-state index in [1.807, 2.05) is 13.1 Å². The van der Waals surface area contributed by atoms with Crippen LogP contribution in [0.4, 0.5) is 5.00 Å². The molecule has 2 rings (SSSR count). The van der Waals surface area contributed by atoms with E-state index >= 15 is 0 Å². The lowest BCUT2D eigenvalue weighted by molar-refractivity contribution is 0.0702. The SMILES string of the molecule is CN(CCN1CCCC1)c1ccc(C(=O)O)s1. The van der Waals surface area contributed by atoms with Gasteiger partial charge in [-0.05, 0) is 38.1 Å². The topological polar surface area (TPSA) is 43.8 Å². The number of hydrogen-bond acceptors (Lipinski definition) is 4. The molecule has 1 saturated heterocycles. The van der Waals surface area contributed by atoms with E-state index in [2.05, 4.69) is 9.80 Å². The van der Waals surface area contributed by atoms with E-state index in [0.717, 1.165) is 18.1 Å². The van der Waals surface area contributed by atoms with Crippen LogP contribution in [-0.4, -0.2) is 49.2 Å². The molecule has 0 saturated carbocycles. The maximum absolute atomic E-state index is 10.8. The summed E-state index contributed by atoms with van der Waals surface area (Å²) >= 11 is 1.34. The first-order valence-corrected chi connectivity index (χ1v) is 6.75. The van der Waals surface area contributed by atoms with E-state index in [1.54, 1.807) is 6.07 Å². The molecule has 1 aromatic heterocycles. The summed E-state index contributed by atoms with van der Waals surface area (Å²) in [5, 5.41) is 9.90. The normalized spacial score (nSPS) is 16.3. The van der Waals surface area contributed by atoms with Crippen LogP contribution < -0.4 is 4.90 Å². The Morgan fingerprint density at radius 1 is 1.47 bits per heavy atom. The van der Waals surface area contributed by atoms with E-state index in [-0.39, 0.29) is 0 Å². The average Bonchev–Trinajstić information content (AvgIpc) is 2.96. The minimum atomic E-state index is -0.839. The summed E-state index contributed by atoms with van der Waals surface area (Å²) < 4.78 is 0. The van der Waals surface area contributed by atoms with Crippen LogP contribution in [-0.2, 0) is 0 Å². The van der Waals surface area contributed by atoms with Crippen molar-refractivity contribution in [1.29, 1.82) is 0 Å². The molecule has 0 atom stereocenters. The van der Waals surface area contributed by atoms with E-state index in [9.17, 15) is 4.79 Å². The number of hydrogen-bond donors (Lipinski definition) is 1. The zero-order chi connectivity index (χ0) is 12.3. The predicted octanol–water partition coefficient (Wildman–Crippen LogP) is 1.98. The number of likely N-dealkylation sites (tertiary alicyclic amines) is 1. The highest BCUT2D eigenvalue weighted by Gasteiger charge is 2.13. The summed E-state index contributed by atoms with van der Waals surface area (Å²) in [5.41, 5.74) is 0. The summed E-state index contributed by atoms with van der Waals surface area (Å²) in [7, 11) is 2.02. The summed E-state index contributed by atoms with van der Waals surface area (Å²) in [6, 6.07) is 3.56. The fourth-order valence-electron chi connectivity index (χ4n) is 2.06. The van der Waals surface area contributed by atoms with E-state index in [1.165, 1.54) is 37.3 Å². The average molecular weight is 254 g/mol. The van der Waals surface area contributed by atoms with Crippen LogP contribution in [0.15, 0.2) is 12.1 Å². The van der Waals surface area contributed by atoms with Crippen molar-refractivity contribution in [2.45, 2.75) is 12.8 Å². The van der Waals surface area contributed by atoms with Crippen molar-refractivity contribution in [2.75, 3.05) is 38.1 Å². The van der Waals surface area contributed by atoms with Crippen LogP contribution in [0.1, 0.15) is 22.5 Å². The second-order valence-corrected chi connectivity index (χ2v) is 5.48. The Labute approximate surface area is 105 Å². The van der Waals surface area contributed by atoms with Gasteiger partial charge in [-0.3, -0.25) is 0 Å². The first-order chi connectivity index (χ1) is 8.16. The van der Waals surface area contributed by atoms with Gasteiger partial charge in [-0.2, -0.15) is 0 Å². The van der Waals surface area contributed by atoms with Crippen molar-refractivity contribution in [2.24, 2.45) is 0 Å². The zero-order valence-corrected chi connectivity index (χ0v) is 10.9. The quantitative estimate of drug-likeness (QED) is 0.872. The van der Waals surface area contributed by atoms with Gasteiger partial charge in [0.15, 0.2) is 0 Å². The van der Waals surface area contributed by atoms with Gasteiger partial charge in [0.25, 0.3) is 0 Å². The number of thiophene rings is 1. The lowest BCUT2D eigenvalue weighted by Crippen LogP contribution is -2.30. The second-order valence-electron chi connectivity index (χ2n) is 4.41. The maximum atomic E-state index is 10.8. The highest BCUT2D eigenvalue weighted by molar-refractivity contribution is 7.17. The molecule has 0 amide bonds. The molecule has 4 nitrogen and oxygen atoms in total. The molecule has 1 aliphatic rings. The van der Waals surface area contributed by atoms with Gasteiger partial charge in [0.2, 0.25) is 0 Å². The Balaban J connectivity index is 1.85. The van der Waals surface area contributed by atoms with Crippen LogP contribution in [0.3, 0.4) is 0 Å². The van der Waals surface area contributed by atoms with Gasteiger partial charge in [0.1, 0.15) is 4.88 Å². The molecule has 0 radical (unpaired) electrons. The lowest BCUT2D eigenvalue weighted by Gasteiger charge is -2.21. The van der Waals surface area contributed by atoms with Gasteiger partial charge in [0, 0.05) is 20.1 Å². The Morgan fingerprint density at radius 2 is 2.18 bits per heavy atom. The molecule has 94 valence electrons. The fourth-order valence-corrected chi connectivity index (χ4v) is 2.89. The smallest absolute Gasteiger partial charge is 0.345 e. The van der Waals surface area contributed by atoms with Crippen LogP contribution in [0.5, 0.6) is 0 Å². The summed E-state index contributed by atoms with van der Waals surface area (Å²) in [5.74, 6) is -0.839. The van der Waals surface area contributed by atoms with Crippen molar-refractivity contribution < 1.29 is 9.90 Å². The number of rotatable bonds is 5. The van der Waals surface area contributed by atoms with E-state index in [4.69, 9.17) is 5.11 Å². The number of carboxylic acid groups (broad SMARTS) is 1. The van der Waals surface area contributed by atoms with Gasteiger partial charge in [-0.15, -0.1) is 11.3 Å². The monoisotopic (exact) mass is 254 g/mol. The van der Waals surface area contributed by atoms with E-state index in [0.29, 0.717) is 4.88 Å². The third-order valence-electron chi connectivity index (χ3n) is 3.13. The maximum Gasteiger partial charge on any atom is 0.345 e. The Kier molecular flexibility index (Phi) is 4.02. The Morgan fingerprint density at radius 3 is 2.76 bits per heavy atom. The van der Waals surface area contributed by atoms with Gasteiger partial charge in [-0.1, -0.05) is 0 Å². The van der Waals surface area contributed by atoms with Crippen LogP contribution in [0, 0.1) is 0 Å². The Bertz CT molecular complexity index is 386. The molecular weight excluding hydrogens is 236 g/mol. The highest BCUT2D eigenvalue weighted by atomic mass is 32.1. The number of aromatic carboxylic acids is 1. The largest absolute Gasteiger partial charge is 0.477 e. The van der Waals surface area contributed by atoms with Crippen LogP contribution in [0.2, 0.25) is 0 Å². The van der Waals surface area contributed by atoms with Crippen molar-refractivity contribution in [3.63, 3.8) is 0 Å². The number of likely N-dealkylation sites (N-methyl/N-ethyl adjacent to an activating group) is 1. The molecule has 1 fully saturated rings. The fraction of sp³-hybridized carbons (Fsp3) is 0.583. The molecule has 2 heterocycles. The third kappa shape index (κ3) is 3.20. The predicted molar refractivity (Wildman–Crippen MR) is 70.2 cm³/mol. The first-order valence-electron chi connectivity index (χ1n) is 5.93. The van der Waals surface area contributed by atoms with Crippen LogP contribution in [0.25, 0.3) is 0 Å². The second kappa shape index (κ2) is 5.51. The molecule has 0 spiro atoms. The van der Waals surface area contributed by atoms with Crippen molar-refractivity contribution >= 4 is 22.3 Å².